The van der Waals surface area contributed by atoms with Gasteiger partial charge in [0, 0.05) is 25.5 Å². The van der Waals surface area contributed by atoms with E-state index in [0.717, 1.165) is 25.9 Å². The van der Waals surface area contributed by atoms with Crippen LogP contribution in [0.5, 0.6) is 0 Å². The van der Waals surface area contributed by atoms with Gasteiger partial charge in [0.1, 0.15) is 0 Å². The lowest BCUT2D eigenvalue weighted by Crippen LogP contribution is -1.74. The highest BCUT2D eigenvalue weighted by atomic mass is 14.7. The second-order valence-electron chi connectivity index (χ2n) is 2.88. The van der Waals surface area contributed by atoms with Crippen LogP contribution in [0.4, 0.5) is 0 Å². The molecule has 0 aliphatic carbocycles. The van der Waals surface area contributed by atoms with Gasteiger partial charge in [-0.05, 0) is 25.0 Å². The third-order valence-corrected chi connectivity index (χ3v) is 1.42. The minimum atomic E-state index is 0.909. The van der Waals surface area contributed by atoms with Gasteiger partial charge >= 0.3 is 0 Å². The second kappa shape index (κ2) is 11.8. The molecular formula is C12H20N2. The van der Waals surface area contributed by atoms with Crippen LogP contribution in [0.1, 0.15) is 26.7 Å². The molecule has 0 aromatic heterocycles. The van der Waals surface area contributed by atoms with Crippen molar-refractivity contribution in [2.24, 2.45) is 9.98 Å². The molecule has 2 heteroatoms. The summed E-state index contributed by atoms with van der Waals surface area (Å²) in [5.41, 5.74) is 0. The Morgan fingerprint density at radius 3 is 1.50 bits per heavy atom. The highest BCUT2D eigenvalue weighted by Gasteiger charge is 1.70. The van der Waals surface area contributed by atoms with E-state index in [2.05, 4.69) is 23.8 Å². The van der Waals surface area contributed by atoms with E-state index in [9.17, 15) is 0 Å². The van der Waals surface area contributed by atoms with Crippen molar-refractivity contribution >= 4 is 12.4 Å². The fourth-order valence-electron chi connectivity index (χ4n) is 0.757. The zero-order valence-corrected chi connectivity index (χ0v) is 9.19. The summed E-state index contributed by atoms with van der Waals surface area (Å²) in [6.07, 6.45) is 13.6. The first-order valence-electron chi connectivity index (χ1n) is 5.23. The normalized spacial score (nSPS) is 13.0. The summed E-state index contributed by atoms with van der Waals surface area (Å²) in [6.45, 7) is 6.05. The number of hydrogen-bond acceptors (Lipinski definition) is 2. The van der Waals surface area contributed by atoms with Crippen molar-refractivity contribution in [3.8, 4) is 0 Å². The molecule has 0 aliphatic rings. The van der Waals surface area contributed by atoms with Crippen LogP contribution in [0.15, 0.2) is 34.3 Å². The Balaban J connectivity index is 3.50. The van der Waals surface area contributed by atoms with Crippen LogP contribution in [0.25, 0.3) is 0 Å². The summed E-state index contributed by atoms with van der Waals surface area (Å²) in [4.78, 5) is 8.32. The third-order valence-electron chi connectivity index (χ3n) is 1.42. The second-order valence-corrected chi connectivity index (χ2v) is 2.88. The predicted molar refractivity (Wildman–Crippen MR) is 65.6 cm³/mol. The summed E-state index contributed by atoms with van der Waals surface area (Å²) >= 11 is 0. The Labute approximate surface area is 87.2 Å². The SMILES string of the molecule is CCCN=C/C=C/C=C/C=NCCC. The molecule has 0 N–H and O–H groups in total. The minimum absolute atomic E-state index is 0.909. The van der Waals surface area contributed by atoms with Gasteiger partial charge in [-0.2, -0.15) is 0 Å². The third kappa shape index (κ3) is 10.8. The topological polar surface area (TPSA) is 24.7 Å². The molecule has 0 amide bonds. The fraction of sp³-hybridized carbons (Fsp3) is 0.500. The Kier molecular flexibility index (Phi) is 10.8. The zero-order valence-electron chi connectivity index (χ0n) is 9.19. The van der Waals surface area contributed by atoms with Gasteiger partial charge in [0.2, 0.25) is 0 Å². The van der Waals surface area contributed by atoms with E-state index in [-0.39, 0.29) is 0 Å². The van der Waals surface area contributed by atoms with Gasteiger partial charge < -0.3 is 0 Å². The smallest absolute Gasteiger partial charge is 0.0386 e. The zero-order chi connectivity index (χ0) is 10.5. The first kappa shape index (κ1) is 12.8. The highest BCUT2D eigenvalue weighted by molar-refractivity contribution is 5.74. The summed E-state index contributed by atoms with van der Waals surface area (Å²) in [5.74, 6) is 0. The lowest BCUT2D eigenvalue weighted by Gasteiger charge is -1.81. The van der Waals surface area contributed by atoms with Crippen LogP contribution in [0.3, 0.4) is 0 Å². The van der Waals surface area contributed by atoms with Gasteiger partial charge in [-0.15, -0.1) is 0 Å². The maximum atomic E-state index is 4.16. The average Bonchev–Trinajstić information content (AvgIpc) is 2.21. The summed E-state index contributed by atoms with van der Waals surface area (Å²) in [7, 11) is 0. The largest absolute Gasteiger partial charge is 0.293 e. The van der Waals surface area contributed by atoms with Crippen molar-refractivity contribution in [2.75, 3.05) is 13.1 Å². The molecule has 0 radical (unpaired) electrons. The van der Waals surface area contributed by atoms with Gasteiger partial charge in [0.25, 0.3) is 0 Å². The molecule has 0 fully saturated rings. The van der Waals surface area contributed by atoms with Gasteiger partial charge in [-0.1, -0.05) is 26.0 Å². The molecule has 78 valence electrons. The summed E-state index contributed by atoms with van der Waals surface area (Å²) in [5, 5.41) is 0. The van der Waals surface area contributed by atoms with Crippen molar-refractivity contribution in [3.05, 3.63) is 24.3 Å². The lowest BCUT2D eigenvalue weighted by atomic mass is 10.4. The van der Waals surface area contributed by atoms with Crippen LogP contribution in [-0.2, 0) is 0 Å². The molecule has 14 heavy (non-hydrogen) atoms. The predicted octanol–water partition coefficient (Wildman–Crippen LogP) is 3.06. The van der Waals surface area contributed by atoms with Gasteiger partial charge in [0.15, 0.2) is 0 Å². The minimum Gasteiger partial charge on any atom is -0.293 e. The Morgan fingerprint density at radius 2 is 1.14 bits per heavy atom. The number of hydrogen-bond donors (Lipinski definition) is 0. The van der Waals surface area contributed by atoms with E-state index in [1.54, 1.807) is 0 Å². The van der Waals surface area contributed by atoms with E-state index < -0.39 is 0 Å². The summed E-state index contributed by atoms with van der Waals surface area (Å²) in [6, 6.07) is 0. The van der Waals surface area contributed by atoms with E-state index in [4.69, 9.17) is 0 Å². The highest BCUT2D eigenvalue weighted by Crippen LogP contribution is 1.79. The van der Waals surface area contributed by atoms with Crippen molar-refractivity contribution in [2.45, 2.75) is 26.7 Å². The molecule has 0 aromatic rings. The first-order valence-corrected chi connectivity index (χ1v) is 5.23. The maximum Gasteiger partial charge on any atom is 0.0386 e. The number of allylic oxidation sites excluding steroid dienone is 4. The van der Waals surface area contributed by atoms with E-state index in [1.807, 2.05) is 36.7 Å². The molecule has 0 atom stereocenters. The van der Waals surface area contributed by atoms with E-state index in [1.165, 1.54) is 0 Å². The van der Waals surface area contributed by atoms with Crippen molar-refractivity contribution in [1.29, 1.82) is 0 Å². The number of nitrogens with zero attached hydrogens (tertiary/aromatic N) is 2. The molecule has 0 unspecified atom stereocenters. The van der Waals surface area contributed by atoms with Gasteiger partial charge in [-0.25, -0.2) is 0 Å². The maximum absolute atomic E-state index is 4.16. The Morgan fingerprint density at radius 1 is 0.714 bits per heavy atom. The van der Waals surface area contributed by atoms with Gasteiger partial charge in [0.05, 0.1) is 0 Å². The Bertz CT molecular complexity index is 188. The molecule has 0 bridgehead atoms. The molecule has 0 saturated heterocycles. The van der Waals surface area contributed by atoms with Crippen LogP contribution < -0.4 is 0 Å². The van der Waals surface area contributed by atoms with Crippen molar-refractivity contribution in [1.82, 2.24) is 0 Å². The molecule has 0 saturated carbocycles. The molecule has 0 aliphatic heterocycles. The number of aliphatic imine (C=N–C) groups is 2. The molecule has 0 aromatic carbocycles. The Hall–Kier alpha value is -1.18. The lowest BCUT2D eigenvalue weighted by molar-refractivity contribution is 0.937. The van der Waals surface area contributed by atoms with Crippen molar-refractivity contribution in [3.63, 3.8) is 0 Å². The quantitative estimate of drug-likeness (QED) is 0.437. The van der Waals surface area contributed by atoms with Crippen LogP contribution in [0.2, 0.25) is 0 Å². The molecule has 2 nitrogen and oxygen atoms in total. The molecule has 0 heterocycles. The summed E-state index contributed by atoms with van der Waals surface area (Å²) < 4.78 is 0. The first-order chi connectivity index (χ1) is 6.91. The van der Waals surface area contributed by atoms with Crippen LogP contribution in [-0.4, -0.2) is 25.5 Å². The van der Waals surface area contributed by atoms with E-state index in [0.29, 0.717) is 0 Å². The average molecular weight is 192 g/mol. The van der Waals surface area contributed by atoms with Gasteiger partial charge in [-0.3, -0.25) is 9.98 Å². The van der Waals surface area contributed by atoms with E-state index >= 15 is 0 Å². The molecule has 0 rings (SSSR count). The van der Waals surface area contributed by atoms with Crippen molar-refractivity contribution < 1.29 is 0 Å². The standard InChI is InChI=1S/C12H20N2/c1-3-9-13-11-7-5-6-8-12-14-10-4-2/h5-8,11-12H,3-4,9-10H2,1-2H3/b7-5+,8-6+,13-11?,14-12?. The molecular weight excluding hydrogens is 172 g/mol. The monoisotopic (exact) mass is 192 g/mol. The fourth-order valence-corrected chi connectivity index (χ4v) is 0.757. The molecule has 0 spiro atoms. The van der Waals surface area contributed by atoms with Crippen LogP contribution >= 0.6 is 0 Å². The van der Waals surface area contributed by atoms with Crippen LogP contribution in [0, 0.1) is 0 Å². The number of rotatable bonds is 7.